The molecule has 0 amide bonds. The molecule has 0 aliphatic rings. The summed E-state index contributed by atoms with van der Waals surface area (Å²) in [5, 5.41) is 25.9. The molecular weight excluding hydrogens is 266 g/mol. The minimum atomic E-state index is -1.00. The van der Waals surface area contributed by atoms with Crippen molar-refractivity contribution in [2.45, 2.75) is 38.8 Å². The topological polar surface area (TPSA) is 189 Å². The number of carbonyl (C=O) groups is 2. The molecule has 0 rings (SSSR count). The molecule has 2 atom stereocenters. The Kier molecular flexibility index (Phi) is 11.2. The molecule has 9 nitrogen and oxygen atoms in total. The average Bonchev–Trinajstić information content (AvgIpc) is 2.33. The van der Waals surface area contributed by atoms with Crippen molar-refractivity contribution in [2.75, 3.05) is 6.54 Å². The Morgan fingerprint density at radius 2 is 1.70 bits per heavy atom. The van der Waals surface area contributed by atoms with Gasteiger partial charge in [0.15, 0.2) is 5.96 Å². The van der Waals surface area contributed by atoms with Gasteiger partial charge in [-0.2, -0.15) is 0 Å². The fourth-order valence-corrected chi connectivity index (χ4v) is 0.954. The monoisotopic (exact) mass is 291 g/mol. The number of hydrogen-bond acceptors (Lipinski definition) is 5. The van der Waals surface area contributed by atoms with Crippen LogP contribution in [0.15, 0.2) is 0 Å². The number of guanidine groups is 1. The maximum Gasteiger partial charge on any atom is 0.320 e. The van der Waals surface area contributed by atoms with Crippen LogP contribution < -0.4 is 22.5 Å². The summed E-state index contributed by atoms with van der Waals surface area (Å²) in [6.07, 6.45) is 0.975. The van der Waals surface area contributed by atoms with E-state index in [4.69, 9.17) is 32.8 Å². The average molecular weight is 291 g/mol. The molecule has 0 saturated heterocycles. The van der Waals surface area contributed by atoms with Gasteiger partial charge in [0.05, 0.1) is 0 Å². The zero-order valence-corrected chi connectivity index (χ0v) is 11.8. The minimum Gasteiger partial charge on any atom is -0.480 e. The van der Waals surface area contributed by atoms with Crippen molar-refractivity contribution in [2.24, 2.45) is 23.1 Å². The molecule has 0 aliphatic heterocycles. The summed E-state index contributed by atoms with van der Waals surface area (Å²) < 4.78 is 0. The van der Waals surface area contributed by atoms with Gasteiger partial charge in [0.1, 0.15) is 12.1 Å². The number of rotatable bonds is 7. The van der Waals surface area contributed by atoms with E-state index in [1.54, 1.807) is 13.8 Å². The van der Waals surface area contributed by atoms with Gasteiger partial charge in [-0.05, 0) is 18.8 Å². The van der Waals surface area contributed by atoms with Crippen LogP contribution in [0, 0.1) is 11.3 Å². The van der Waals surface area contributed by atoms with Crippen LogP contribution in [0.25, 0.3) is 0 Å². The molecule has 0 heterocycles. The zero-order valence-electron chi connectivity index (χ0n) is 11.8. The third-order valence-corrected chi connectivity index (χ3v) is 2.33. The second-order valence-corrected chi connectivity index (χ2v) is 4.54. The largest absolute Gasteiger partial charge is 0.480 e. The minimum absolute atomic E-state index is 0.0208. The predicted octanol–water partition coefficient (Wildman–Crippen LogP) is -1.28. The smallest absolute Gasteiger partial charge is 0.320 e. The molecule has 0 fully saturated rings. The lowest BCUT2D eigenvalue weighted by atomic mass is 10.1. The standard InChI is InChI=1S/C6H14N4O2.C5H11NO2/c7-4(5(11)12)2-1-3-10-6(8)9;1-3(2)4(6)5(7)8/h4H,1-3,7H2,(H,11,12)(H4,8,9,10);3-4H,6H2,1-2H3,(H,7,8). The van der Waals surface area contributed by atoms with E-state index in [9.17, 15) is 9.59 Å². The molecule has 0 aliphatic carbocycles. The molecule has 0 aromatic heterocycles. The molecular formula is C11H25N5O4. The predicted molar refractivity (Wildman–Crippen MR) is 75.2 cm³/mol. The van der Waals surface area contributed by atoms with Crippen molar-refractivity contribution in [1.82, 2.24) is 5.32 Å². The quantitative estimate of drug-likeness (QED) is 0.171. The molecule has 0 aromatic rings. The van der Waals surface area contributed by atoms with Crippen molar-refractivity contribution in [3.63, 3.8) is 0 Å². The van der Waals surface area contributed by atoms with Gasteiger partial charge in [-0.15, -0.1) is 0 Å². The van der Waals surface area contributed by atoms with Crippen molar-refractivity contribution in [3.8, 4) is 0 Å². The van der Waals surface area contributed by atoms with Gasteiger partial charge < -0.3 is 32.7 Å². The molecule has 2 unspecified atom stereocenters. The van der Waals surface area contributed by atoms with Gasteiger partial charge in [-0.1, -0.05) is 13.8 Å². The van der Waals surface area contributed by atoms with Crippen LogP contribution in [0.4, 0.5) is 0 Å². The SMILES string of the molecule is CC(C)C(N)C(=O)O.N=C(N)NCCCC(N)C(=O)O. The second-order valence-electron chi connectivity index (χ2n) is 4.54. The van der Waals surface area contributed by atoms with E-state index >= 15 is 0 Å². The highest BCUT2D eigenvalue weighted by molar-refractivity contribution is 5.74. The highest BCUT2D eigenvalue weighted by Crippen LogP contribution is 1.96. The highest BCUT2D eigenvalue weighted by atomic mass is 16.4. The Balaban J connectivity index is 0. The Bertz CT molecular complexity index is 322. The Labute approximate surface area is 118 Å². The highest BCUT2D eigenvalue weighted by Gasteiger charge is 2.14. The lowest BCUT2D eigenvalue weighted by Gasteiger charge is -2.07. The first kappa shape index (κ1) is 20.4. The number of hydrogen-bond donors (Lipinski definition) is 7. The normalized spacial score (nSPS) is 12.8. The molecule has 0 saturated carbocycles. The summed E-state index contributed by atoms with van der Waals surface area (Å²) >= 11 is 0. The maximum absolute atomic E-state index is 10.2. The summed E-state index contributed by atoms with van der Waals surface area (Å²) in [6, 6.07) is -1.53. The van der Waals surface area contributed by atoms with Gasteiger partial charge in [0.25, 0.3) is 0 Å². The second kappa shape index (κ2) is 11.0. The molecule has 9 heteroatoms. The van der Waals surface area contributed by atoms with Crippen LogP contribution in [0.3, 0.4) is 0 Å². The van der Waals surface area contributed by atoms with Gasteiger partial charge in [-0.25, -0.2) is 0 Å². The van der Waals surface area contributed by atoms with Gasteiger partial charge >= 0.3 is 11.9 Å². The molecule has 10 N–H and O–H groups in total. The van der Waals surface area contributed by atoms with Gasteiger partial charge in [-0.3, -0.25) is 15.0 Å². The number of carboxylic acids is 2. The van der Waals surface area contributed by atoms with Gasteiger partial charge in [0, 0.05) is 6.54 Å². The van der Waals surface area contributed by atoms with Crippen LogP contribution in [0.5, 0.6) is 0 Å². The van der Waals surface area contributed by atoms with E-state index in [2.05, 4.69) is 5.32 Å². The Morgan fingerprint density at radius 1 is 1.20 bits per heavy atom. The van der Waals surface area contributed by atoms with Crippen LogP contribution in [-0.2, 0) is 9.59 Å². The fourth-order valence-electron chi connectivity index (χ4n) is 0.954. The fraction of sp³-hybridized carbons (Fsp3) is 0.727. The van der Waals surface area contributed by atoms with Crippen molar-refractivity contribution < 1.29 is 19.8 Å². The number of nitrogens with two attached hydrogens (primary N) is 3. The van der Waals surface area contributed by atoms with Crippen molar-refractivity contribution in [1.29, 1.82) is 5.41 Å². The summed E-state index contributed by atoms with van der Waals surface area (Å²) in [5.41, 5.74) is 15.4. The molecule has 0 spiro atoms. The van der Waals surface area contributed by atoms with Crippen LogP contribution in [0.2, 0.25) is 0 Å². The van der Waals surface area contributed by atoms with E-state index in [-0.39, 0.29) is 11.9 Å². The summed E-state index contributed by atoms with van der Waals surface area (Å²) in [4.78, 5) is 20.2. The zero-order chi connectivity index (χ0) is 16.3. The Hall–Kier alpha value is -1.87. The summed E-state index contributed by atoms with van der Waals surface area (Å²) in [7, 11) is 0. The lowest BCUT2D eigenvalue weighted by Crippen LogP contribution is -2.34. The van der Waals surface area contributed by atoms with E-state index in [1.165, 1.54) is 0 Å². The summed E-state index contributed by atoms with van der Waals surface area (Å²) in [5.74, 6) is -2.02. The van der Waals surface area contributed by atoms with E-state index < -0.39 is 24.0 Å². The molecule has 0 aromatic carbocycles. The molecule has 20 heavy (non-hydrogen) atoms. The first-order valence-electron chi connectivity index (χ1n) is 6.14. The van der Waals surface area contributed by atoms with E-state index in [0.29, 0.717) is 19.4 Å². The van der Waals surface area contributed by atoms with Crippen LogP contribution in [0.1, 0.15) is 26.7 Å². The van der Waals surface area contributed by atoms with Crippen molar-refractivity contribution in [3.05, 3.63) is 0 Å². The Morgan fingerprint density at radius 3 is 1.95 bits per heavy atom. The van der Waals surface area contributed by atoms with E-state index in [0.717, 1.165) is 0 Å². The summed E-state index contributed by atoms with van der Waals surface area (Å²) in [6.45, 7) is 4.04. The first-order chi connectivity index (χ1) is 9.09. The third-order valence-electron chi connectivity index (χ3n) is 2.33. The molecule has 0 radical (unpaired) electrons. The number of carboxylic acid groups (broad SMARTS) is 2. The van der Waals surface area contributed by atoms with Crippen LogP contribution >= 0.6 is 0 Å². The van der Waals surface area contributed by atoms with Crippen molar-refractivity contribution >= 4 is 17.9 Å². The van der Waals surface area contributed by atoms with E-state index in [1.807, 2.05) is 0 Å². The molecule has 118 valence electrons. The number of aliphatic carboxylic acids is 2. The van der Waals surface area contributed by atoms with Crippen LogP contribution in [-0.4, -0.2) is 46.7 Å². The lowest BCUT2D eigenvalue weighted by molar-refractivity contribution is -0.140. The maximum atomic E-state index is 10.2. The van der Waals surface area contributed by atoms with Gasteiger partial charge in [0.2, 0.25) is 0 Å². The first-order valence-corrected chi connectivity index (χ1v) is 6.14. The molecule has 0 bridgehead atoms. The third kappa shape index (κ3) is 12.6. The number of nitrogens with one attached hydrogen (secondary N) is 2.